The summed E-state index contributed by atoms with van der Waals surface area (Å²) in [7, 11) is 0. The molecule has 0 amide bonds. The van der Waals surface area contributed by atoms with E-state index in [1.807, 2.05) is 0 Å². The molecule has 0 aromatic heterocycles. The molecule has 0 aromatic carbocycles. The van der Waals surface area contributed by atoms with Crippen LogP contribution in [0.5, 0.6) is 0 Å². The third-order valence-corrected chi connectivity index (χ3v) is 2.10. The summed E-state index contributed by atoms with van der Waals surface area (Å²) in [5.41, 5.74) is 0. The lowest BCUT2D eigenvalue weighted by Gasteiger charge is -1.99. The Labute approximate surface area is 117 Å². The van der Waals surface area contributed by atoms with Gasteiger partial charge in [0.1, 0.15) is 17.3 Å². The summed E-state index contributed by atoms with van der Waals surface area (Å²) in [6.45, 7) is 5.92. The predicted molar refractivity (Wildman–Crippen MR) is 72.2 cm³/mol. The van der Waals surface area contributed by atoms with Crippen molar-refractivity contribution in [3.8, 4) is 0 Å². The Balaban J connectivity index is -0.000000262. The zero-order valence-corrected chi connectivity index (χ0v) is 12.3. The fraction of sp³-hybridized carbons (Fsp3) is 0.750. The molecule has 0 heterocycles. The van der Waals surface area contributed by atoms with Crippen molar-refractivity contribution in [3.05, 3.63) is 10.1 Å². The summed E-state index contributed by atoms with van der Waals surface area (Å²) in [6.07, 6.45) is 1.45. The molecule has 0 rings (SSSR count). The summed E-state index contributed by atoms with van der Waals surface area (Å²) in [5.74, 6) is 0.175. The zero-order chi connectivity index (χ0) is 16.7. The van der Waals surface area contributed by atoms with Gasteiger partial charge in [0, 0.05) is 37.5 Å². The van der Waals surface area contributed by atoms with E-state index in [-0.39, 0.29) is 22.3 Å². The summed E-state index contributed by atoms with van der Waals surface area (Å²) < 4.78 is 0. The molecule has 8 heteroatoms. The van der Waals surface area contributed by atoms with Crippen LogP contribution in [0.3, 0.4) is 0 Å². The molecule has 8 nitrogen and oxygen atoms in total. The van der Waals surface area contributed by atoms with E-state index < -0.39 is 6.04 Å². The van der Waals surface area contributed by atoms with Crippen LogP contribution in [0.25, 0.3) is 0 Å². The van der Waals surface area contributed by atoms with Crippen LogP contribution in [-0.2, 0) is 14.4 Å². The Kier molecular flexibility index (Phi) is 18.0. The number of hydrogen-bond acceptors (Lipinski definition) is 7. The fourth-order valence-electron chi connectivity index (χ4n) is 0.870. The molecule has 1 atom stereocenters. The van der Waals surface area contributed by atoms with E-state index in [0.717, 1.165) is 0 Å². The van der Waals surface area contributed by atoms with Gasteiger partial charge in [-0.25, -0.2) is 0 Å². The quantitative estimate of drug-likeness (QED) is 0.416. The van der Waals surface area contributed by atoms with Crippen molar-refractivity contribution in [2.24, 2.45) is 0 Å². The van der Waals surface area contributed by atoms with E-state index in [2.05, 4.69) is 0 Å². The van der Waals surface area contributed by atoms with Crippen molar-refractivity contribution in [2.45, 2.75) is 59.4 Å². The zero-order valence-electron chi connectivity index (χ0n) is 12.3. The highest BCUT2D eigenvalue weighted by Gasteiger charge is 2.12. The first kappa shape index (κ1) is 23.4. The molecular formula is C12H23NO7. The monoisotopic (exact) mass is 293 g/mol. The molecule has 118 valence electrons. The Morgan fingerprint density at radius 1 is 0.950 bits per heavy atom. The van der Waals surface area contributed by atoms with Crippen LogP contribution in [0.1, 0.15) is 53.4 Å². The van der Waals surface area contributed by atoms with Crippen LogP contribution in [-0.4, -0.2) is 38.8 Å². The lowest BCUT2D eigenvalue weighted by molar-refractivity contribution is -0.518. The van der Waals surface area contributed by atoms with E-state index in [0.29, 0.717) is 25.7 Å². The molecule has 0 saturated carbocycles. The second kappa shape index (κ2) is 15.4. The molecule has 2 N–H and O–H groups in total. The first-order valence-corrected chi connectivity index (χ1v) is 5.98. The minimum absolute atomic E-state index is 0.00806. The average Bonchev–Trinajstić information content (AvgIpc) is 2.36. The standard InChI is InChI=1S/C6H11NO3.C6H10O2.H2O2/c1-5(7(9)10)3-4-6(2)8;1-5(7)3-4-6(2)8;1-2/h5H,3-4H2,1-2H3;3-4H2,1-2H3;1-2H. The Bertz CT molecular complexity index is 301. The maximum Gasteiger partial charge on any atom is 0.210 e. The minimum atomic E-state index is -0.594. The fourth-order valence-corrected chi connectivity index (χ4v) is 0.870. The highest BCUT2D eigenvalue weighted by molar-refractivity contribution is 5.83. The minimum Gasteiger partial charge on any atom is -0.300 e. The first-order valence-electron chi connectivity index (χ1n) is 5.98. The predicted octanol–water partition coefficient (Wildman–Crippen LogP) is 1.98. The molecule has 0 fully saturated rings. The molecule has 0 bridgehead atoms. The van der Waals surface area contributed by atoms with Gasteiger partial charge in [-0.05, 0) is 20.8 Å². The number of hydrogen-bond donors (Lipinski definition) is 2. The van der Waals surface area contributed by atoms with Crippen LogP contribution >= 0.6 is 0 Å². The molecule has 0 aliphatic carbocycles. The van der Waals surface area contributed by atoms with Gasteiger partial charge in [0.25, 0.3) is 0 Å². The number of nitrogens with zero attached hydrogens (tertiary/aromatic N) is 1. The third kappa shape index (κ3) is 25.2. The molecule has 0 spiro atoms. The van der Waals surface area contributed by atoms with Gasteiger partial charge in [0.15, 0.2) is 0 Å². The summed E-state index contributed by atoms with van der Waals surface area (Å²) in [5, 5.41) is 22.0. The third-order valence-electron chi connectivity index (χ3n) is 2.10. The van der Waals surface area contributed by atoms with E-state index in [1.54, 1.807) is 0 Å². The van der Waals surface area contributed by atoms with Crippen molar-refractivity contribution in [2.75, 3.05) is 0 Å². The van der Waals surface area contributed by atoms with Crippen molar-refractivity contribution >= 4 is 17.3 Å². The number of carbonyl (C=O) groups is 3. The summed E-state index contributed by atoms with van der Waals surface area (Å²) in [6, 6.07) is -0.594. The van der Waals surface area contributed by atoms with Crippen molar-refractivity contribution in [3.63, 3.8) is 0 Å². The van der Waals surface area contributed by atoms with Gasteiger partial charge >= 0.3 is 0 Å². The van der Waals surface area contributed by atoms with E-state index in [1.165, 1.54) is 27.7 Å². The van der Waals surface area contributed by atoms with Gasteiger partial charge in [0.2, 0.25) is 6.04 Å². The molecular weight excluding hydrogens is 270 g/mol. The SMILES string of the molecule is CC(=O)CCC(C)=O.CC(=O)CCC(C)[N+](=O)[O-].OO. The maximum atomic E-state index is 10.3. The van der Waals surface area contributed by atoms with Crippen LogP contribution in [0.15, 0.2) is 0 Å². The largest absolute Gasteiger partial charge is 0.300 e. The van der Waals surface area contributed by atoms with Gasteiger partial charge < -0.3 is 14.4 Å². The number of carbonyl (C=O) groups excluding carboxylic acids is 3. The normalized spacial score (nSPS) is 10.1. The van der Waals surface area contributed by atoms with Gasteiger partial charge in [-0.1, -0.05) is 0 Å². The van der Waals surface area contributed by atoms with Crippen molar-refractivity contribution in [1.29, 1.82) is 0 Å². The molecule has 0 aliphatic heterocycles. The van der Waals surface area contributed by atoms with Gasteiger partial charge in [-0.15, -0.1) is 0 Å². The second-order valence-corrected chi connectivity index (χ2v) is 4.28. The van der Waals surface area contributed by atoms with E-state index in [4.69, 9.17) is 10.5 Å². The molecule has 0 aliphatic rings. The van der Waals surface area contributed by atoms with E-state index in [9.17, 15) is 24.5 Å². The lowest BCUT2D eigenvalue weighted by Crippen LogP contribution is -2.15. The number of ketones is 3. The molecule has 1 unspecified atom stereocenters. The van der Waals surface area contributed by atoms with Crippen LogP contribution in [0, 0.1) is 10.1 Å². The Morgan fingerprint density at radius 3 is 1.45 bits per heavy atom. The smallest absolute Gasteiger partial charge is 0.210 e. The van der Waals surface area contributed by atoms with Gasteiger partial charge in [-0.3, -0.25) is 20.6 Å². The lowest BCUT2D eigenvalue weighted by atomic mass is 10.1. The first-order chi connectivity index (χ1) is 9.16. The molecule has 0 aromatic rings. The number of rotatable bonds is 7. The molecule has 0 saturated heterocycles. The summed E-state index contributed by atoms with van der Waals surface area (Å²) in [4.78, 5) is 40.4. The average molecular weight is 293 g/mol. The van der Waals surface area contributed by atoms with Crippen LogP contribution in [0.4, 0.5) is 0 Å². The van der Waals surface area contributed by atoms with Crippen molar-refractivity contribution in [1.82, 2.24) is 0 Å². The number of Topliss-reactive ketones (excluding diaryl/α,β-unsaturated/α-hetero) is 3. The Morgan fingerprint density at radius 2 is 1.25 bits per heavy atom. The van der Waals surface area contributed by atoms with Gasteiger partial charge in [-0.2, -0.15) is 0 Å². The number of nitro groups is 1. The van der Waals surface area contributed by atoms with Crippen molar-refractivity contribution < 1.29 is 29.8 Å². The highest BCUT2D eigenvalue weighted by atomic mass is 17.0. The molecule has 0 radical (unpaired) electrons. The van der Waals surface area contributed by atoms with Crippen LogP contribution in [0.2, 0.25) is 0 Å². The topological polar surface area (TPSA) is 135 Å². The van der Waals surface area contributed by atoms with Crippen LogP contribution < -0.4 is 0 Å². The second-order valence-electron chi connectivity index (χ2n) is 4.28. The van der Waals surface area contributed by atoms with E-state index >= 15 is 0 Å². The highest BCUT2D eigenvalue weighted by Crippen LogP contribution is 1.99. The van der Waals surface area contributed by atoms with Gasteiger partial charge in [0.05, 0.1) is 0 Å². The maximum absolute atomic E-state index is 10.3. The summed E-state index contributed by atoms with van der Waals surface area (Å²) >= 11 is 0. The molecule has 20 heavy (non-hydrogen) atoms. The Hall–Kier alpha value is -1.67.